The third kappa shape index (κ3) is 5.47. The van der Waals surface area contributed by atoms with Crippen molar-refractivity contribution in [2.45, 2.75) is 188 Å². The maximum Gasteiger partial charge on any atom is 0.170 e. The molecule has 8 aliphatic rings. The molecule has 2 N–H and O–H groups in total. The van der Waals surface area contributed by atoms with Crippen molar-refractivity contribution in [3.63, 3.8) is 0 Å². The minimum absolute atomic E-state index is 0.0231. The number of aliphatic hydroxyl groups is 2. The second-order valence-corrected chi connectivity index (χ2v) is 21.4. The summed E-state index contributed by atoms with van der Waals surface area (Å²) in [7, 11) is 0. The molecule has 0 radical (unpaired) electrons. The van der Waals surface area contributed by atoms with E-state index in [1.54, 1.807) is 0 Å². The third-order valence-electron chi connectivity index (χ3n) is 18.3. The average Bonchev–Trinajstić information content (AvgIpc) is 3.72. The Hall–Kier alpha value is -0.320. The largest absolute Gasteiger partial charge is 0.390 e. The normalized spacial score (nSPS) is 50.1. The molecule has 0 bridgehead atoms. The second kappa shape index (κ2) is 13.1. The van der Waals surface area contributed by atoms with Crippen molar-refractivity contribution in [3.8, 4) is 0 Å². The predicted molar refractivity (Wildman–Crippen MR) is 204 cm³/mol. The molecule has 8 rings (SSSR count). The molecular weight excluding hydrogens is 652 g/mol. The highest BCUT2D eigenvalue weighted by atomic mass is 16.7. The van der Waals surface area contributed by atoms with Crippen molar-refractivity contribution in [1.29, 1.82) is 0 Å². The Kier molecular flexibility index (Phi) is 9.72. The van der Waals surface area contributed by atoms with E-state index in [0.29, 0.717) is 53.2 Å². The summed E-state index contributed by atoms with van der Waals surface area (Å²) in [5, 5.41) is 23.8. The summed E-state index contributed by atoms with van der Waals surface area (Å²) >= 11 is 0. The molecular formula is C44H76N2O6. The van der Waals surface area contributed by atoms with Crippen LogP contribution in [0.2, 0.25) is 0 Å². The van der Waals surface area contributed by atoms with Crippen LogP contribution in [-0.4, -0.2) is 114 Å². The maximum atomic E-state index is 12.7. The SMILES string of the molecule is CCO[C@@H](C1C[C@@H](C)[C@H]2C(O1)[C@H](O)[C@@]1(C)C3CC[C@H]4C(C)(C)[C@@H](O[C@H]5CN(C6CCN(C(C)C)CC6)CCO5)CC[C@@]45C[C@@]35CC[C@]21C)C(C)(C)O. The summed E-state index contributed by atoms with van der Waals surface area (Å²) in [5.41, 5.74) is -0.430. The number of hydrogen-bond donors (Lipinski definition) is 2. The number of ether oxygens (including phenoxy) is 4. The smallest absolute Gasteiger partial charge is 0.170 e. The summed E-state index contributed by atoms with van der Waals surface area (Å²) < 4.78 is 26.6. The topological polar surface area (TPSA) is 83.9 Å². The van der Waals surface area contributed by atoms with Gasteiger partial charge >= 0.3 is 0 Å². The molecule has 8 fully saturated rings. The fourth-order valence-corrected chi connectivity index (χ4v) is 15.7. The van der Waals surface area contributed by atoms with Crippen LogP contribution >= 0.6 is 0 Å². The van der Waals surface area contributed by atoms with Crippen molar-refractivity contribution in [2.75, 3.05) is 39.4 Å². The molecule has 0 amide bonds. The van der Waals surface area contributed by atoms with E-state index < -0.39 is 17.8 Å². The van der Waals surface area contributed by atoms with Gasteiger partial charge in [-0.15, -0.1) is 0 Å². The van der Waals surface area contributed by atoms with Crippen LogP contribution in [0.25, 0.3) is 0 Å². The van der Waals surface area contributed by atoms with Gasteiger partial charge in [-0.2, -0.15) is 0 Å². The lowest BCUT2D eigenvalue weighted by molar-refractivity contribution is -0.251. The molecule has 3 unspecified atom stereocenters. The molecule has 2 spiro atoms. The van der Waals surface area contributed by atoms with Crippen molar-refractivity contribution >= 4 is 0 Å². The Bertz CT molecular complexity index is 1310. The molecule has 3 heterocycles. The first-order valence-electron chi connectivity index (χ1n) is 21.9. The van der Waals surface area contributed by atoms with Gasteiger partial charge in [0.2, 0.25) is 0 Å². The molecule has 52 heavy (non-hydrogen) atoms. The van der Waals surface area contributed by atoms with E-state index in [2.05, 4.69) is 58.3 Å². The number of morpholine rings is 1. The van der Waals surface area contributed by atoms with Gasteiger partial charge in [-0.3, -0.25) is 4.90 Å². The zero-order valence-electron chi connectivity index (χ0n) is 34.7. The highest BCUT2D eigenvalue weighted by molar-refractivity contribution is 5.33. The Balaban J connectivity index is 0.976. The summed E-state index contributed by atoms with van der Waals surface area (Å²) in [6.07, 6.45) is 10.7. The number of hydrogen-bond acceptors (Lipinski definition) is 8. The van der Waals surface area contributed by atoms with E-state index in [1.807, 2.05) is 20.8 Å². The van der Waals surface area contributed by atoms with Gasteiger partial charge in [0.1, 0.15) is 6.10 Å². The Morgan fingerprint density at radius 3 is 2.29 bits per heavy atom. The quantitative estimate of drug-likeness (QED) is 0.280. The maximum absolute atomic E-state index is 12.7. The van der Waals surface area contributed by atoms with Crippen molar-refractivity contribution in [1.82, 2.24) is 9.80 Å². The third-order valence-corrected chi connectivity index (χ3v) is 18.3. The molecule has 0 aromatic rings. The van der Waals surface area contributed by atoms with Crippen LogP contribution in [-0.2, 0) is 18.9 Å². The van der Waals surface area contributed by atoms with Gasteiger partial charge in [0.25, 0.3) is 0 Å². The van der Waals surface area contributed by atoms with Gasteiger partial charge in [0, 0.05) is 37.2 Å². The first-order valence-corrected chi connectivity index (χ1v) is 21.9. The van der Waals surface area contributed by atoms with Gasteiger partial charge in [-0.05, 0) is 157 Å². The van der Waals surface area contributed by atoms with Crippen LogP contribution in [0, 0.1) is 50.7 Å². The standard InChI is InChI=1S/C44H76N2O6/c1-11-49-38(40(7,8)48)30-24-28(4)35-36(51-30)37(47)42(10)32-13-12-31-39(5,6)33(14-17-43(31)26-44(32,43)19-18-41(35,42)9)52-34-25-46(22-23-50-34)29-15-20-45(21-16-29)27(2)3/h27-38,47-48H,11-26H2,1-10H3/t28-,30?,31+,32?,33+,34+,35+,36?,37+,38+,41-,42-,43-,44+/m1/s1. The minimum atomic E-state index is -1.01. The van der Waals surface area contributed by atoms with Gasteiger partial charge in [-0.25, -0.2) is 0 Å². The average molecular weight is 729 g/mol. The Labute approximate surface area is 316 Å². The van der Waals surface area contributed by atoms with Crippen LogP contribution in [0.1, 0.15) is 133 Å². The molecule has 298 valence electrons. The van der Waals surface area contributed by atoms with Crippen molar-refractivity contribution in [3.05, 3.63) is 0 Å². The lowest BCUT2D eigenvalue weighted by atomic mass is 9.41. The number of aliphatic hydroxyl groups excluding tert-OH is 1. The van der Waals surface area contributed by atoms with Crippen LogP contribution in [0.15, 0.2) is 0 Å². The van der Waals surface area contributed by atoms with Crippen LogP contribution in [0.4, 0.5) is 0 Å². The first-order chi connectivity index (χ1) is 24.4. The molecule has 3 aliphatic heterocycles. The molecule has 14 atom stereocenters. The molecule has 5 aliphatic carbocycles. The summed E-state index contributed by atoms with van der Waals surface area (Å²) in [4.78, 5) is 5.31. The van der Waals surface area contributed by atoms with Gasteiger partial charge < -0.3 is 34.1 Å². The highest BCUT2D eigenvalue weighted by Gasteiger charge is 2.84. The van der Waals surface area contributed by atoms with Crippen molar-refractivity contribution < 1.29 is 29.2 Å². The number of fused-ring (bicyclic) bond motifs is 4. The van der Waals surface area contributed by atoms with Gasteiger partial charge in [-0.1, -0.05) is 34.6 Å². The molecule has 0 aromatic carbocycles. The number of nitrogens with zero attached hydrogens (tertiary/aromatic N) is 2. The van der Waals surface area contributed by atoms with Crippen LogP contribution < -0.4 is 0 Å². The Morgan fingerprint density at radius 1 is 0.923 bits per heavy atom. The van der Waals surface area contributed by atoms with E-state index in [0.717, 1.165) is 32.5 Å². The molecule has 8 heteroatoms. The summed E-state index contributed by atoms with van der Waals surface area (Å²) in [6.45, 7) is 28.4. The second-order valence-electron chi connectivity index (χ2n) is 21.4. The number of rotatable bonds is 8. The minimum Gasteiger partial charge on any atom is -0.390 e. The first kappa shape index (κ1) is 38.5. The molecule has 8 nitrogen and oxygen atoms in total. The lowest BCUT2D eigenvalue weighted by Crippen LogP contribution is -2.60. The predicted octanol–water partition coefficient (Wildman–Crippen LogP) is 6.89. The highest BCUT2D eigenvalue weighted by Crippen LogP contribution is 2.89. The monoisotopic (exact) mass is 729 g/mol. The summed E-state index contributed by atoms with van der Waals surface area (Å²) in [5.74, 6) is 1.86. The van der Waals surface area contributed by atoms with Gasteiger partial charge in [0.15, 0.2) is 6.29 Å². The van der Waals surface area contributed by atoms with Crippen molar-refractivity contribution in [2.24, 2.45) is 50.7 Å². The van der Waals surface area contributed by atoms with E-state index in [1.165, 1.54) is 64.5 Å². The lowest BCUT2D eigenvalue weighted by Gasteiger charge is -2.64. The fourth-order valence-electron chi connectivity index (χ4n) is 15.7. The summed E-state index contributed by atoms with van der Waals surface area (Å²) in [6, 6.07) is 1.28. The number of likely N-dealkylation sites (tertiary alicyclic amines) is 1. The van der Waals surface area contributed by atoms with Gasteiger partial charge in [0.05, 0.1) is 36.6 Å². The Morgan fingerprint density at radius 2 is 1.62 bits per heavy atom. The van der Waals surface area contributed by atoms with E-state index in [4.69, 9.17) is 18.9 Å². The zero-order chi connectivity index (χ0) is 37.2. The number of piperidine rings is 1. The molecule has 5 saturated carbocycles. The molecule has 3 saturated heterocycles. The van der Waals surface area contributed by atoms with Crippen LogP contribution in [0.5, 0.6) is 0 Å². The zero-order valence-corrected chi connectivity index (χ0v) is 34.7. The van der Waals surface area contributed by atoms with Crippen LogP contribution in [0.3, 0.4) is 0 Å². The van der Waals surface area contributed by atoms with E-state index in [9.17, 15) is 10.2 Å². The fraction of sp³-hybridized carbons (Fsp3) is 1.00. The van der Waals surface area contributed by atoms with E-state index in [-0.39, 0.29) is 40.8 Å². The molecule has 0 aromatic heterocycles. The van der Waals surface area contributed by atoms with E-state index >= 15 is 0 Å².